The maximum atomic E-state index is 6.73. The third-order valence-electron chi connectivity index (χ3n) is 7.92. The Kier molecular flexibility index (Phi) is 5.49. The SMILES string of the molecule is CC1(C)c2ccccc2Oc2c(N(c3ccc(-c4ccccc4)cc3)c3cccc4ccccc34)cccc21. The highest BCUT2D eigenvalue weighted by molar-refractivity contribution is 6.00. The van der Waals surface area contributed by atoms with Crippen molar-refractivity contribution < 1.29 is 4.74 Å². The predicted molar refractivity (Wildman–Crippen MR) is 163 cm³/mol. The second-order valence-electron chi connectivity index (χ2n) is 10.6. The normalized spacial score (nSPS) is 13.3. The van der Waals surface area contributed by atoms with Crippen molar-refractivity contribution in [1.29, 1.82) is 0 Å². The molecule has 1 heterocycles. The van der Waals surface area contributed by atoms with E-state index in [9.17, 15) is 0 Å². The third-order valence-corrected chi connectivity index (χ3v) is 7.92. The largest absolute Gasteiger partial charge is 0.455 e. The lowest BCUT2D eigenvalue weighted by Gasteiger charge is -2.37. The zero-order valence-corrected chi connectivity index (χ0v) is 22.1. The number of ether oxygens (including phenoxy) is 1. The van der Waals surface area contributed by atoms with Crippen LogP contribution < -0.4 is 9.64 Å². The molecule has 0 unspecified atom stereocenters. The Morgan fingerprint density at radius 1 is 0.513 bits per heavy atom. The van der Waals surface area contributed by atoms with Crippen molar-refractivity contribution in [2.45, 2.75) is 19.3 Å². The molecule has 0 amide bonds. The number of rotatable bonds is 4. The van der Waals surface area contributed by atoms with Crippen LogP contribution in [0.25, 0.3) is 21.9 Å². The van der Waals surface area contributed by atoms with Crippen LogP contribution in [0, 0.1) is 0 Å². The fraction of sp³-hybridized carbons (Fsp3) is 0.0811. The van der Waals surface area contributed by atoms with Gasteiger partial charge in [-0.05, 0) is 46.8 Å². The van der Waals surface area contributed by atoms with Gasteiger partial charge in [-0.1, -0.05) is 123 Å². The Hall–Kier alpha value is -4.82. The molecule has 0 atom stereocenters. The zero-order chi connectivity index (χ0) is 26.4. The monoisotopic (exact) mass is 503 g/mol. The molecule has 188 valence electrons. The number of benzene rings is 6. The van der Waals surface area contributed by atoms with E-state index < -0.39 is 0 Å². The summed E-state index contributed by atoms with van der Waals surface area (Å²) in [5, 5.41) is 2.40. The molecule has 0 spiro atoms. The highest BCUT2D eigenvalue weighted by Crippen LogP contribution is 2.53. The van der Waals surface area contributed by atoms with Crippen LogP contribution in [-0.2, 0) is 5.41 Å². The summed E-state index contributed by atoms with van der Waals surface area (Å²) in [7, 11) is 0. The van der Waals surface area contributed by atoms with Crippen LogP contribution in [0.3, 0.4) is 0 Å². The quantitative estimate of drug-likeness (QED) is 0.237. The summed E-state index contributed by atoms with van der Waals surface area (Å²) in [6.07, 6.45) is 0. The number of hydrogen-bond acceptors (Lipinski definition) is 2. The van der Waals surface area contributed by atoms with Crippen molar-refractivity contribution in [1.82, 2.24) is 0 Å². The van der Waals surface area contributed by atoms with Gasteiger partial charge >= 0.3 is 0 Å². The van der Waals surface area contributed by atoms with E-state index in [4.69, 9.17) is 4.74 Å². The van der Waals surface area contributed by atoms with Crippen molar-refractivity contribution in [2.24, 2.45) is 0 Å². The Balaban J connectivity index is 1.46. The van der Waals surface area contributed by atoms with Crippen LogP contribution in [0.1, 0.15) is 25.0 Å². The first-order valence-corrected chi connectivity index (χ1v) is 13.5. The molecule has 7 rings (SSSR count). The van der Waals surface area contributed by atoms with Crippen molar-refractivity contribution >= 4 is 27.8 Å². The van der Waals surface area contributed by atoms with Gasteiger partial charge in [-0.15, -0.1) is 0 Å². The third kappa shape index (κ3) is 3.88. The highest BCUT2D eigenvalue weighted by atomic mass is 16.5. The van der Waals surface area contributed by atoms with E-state index in [1.165, 1.54) is 33.0 Å². The van der Waals surface area contributed by atoms with Gasteiger partial charge in [-0.2, -0.15) is 0 Å². The maximum absolute atomic E-state index is 6.73. The predicted octanol–water partition coefficient (Wildman–Crippen LogP) is 10.4. The molecule has 6 aromatic rings. The Morgan fingerprint density at radius 2 is 1.13 bits per heavy atom. The molecule has 6 aromatic carbocycles. The van der Waals surface area contributed by atoms with E-state index in [1.54, 1.807) is 0 Å². The van der Waals surface area contributed by atoms with Gasteiger partial charge in [0.15, 0.2) is 5.75 Å². The maximum Gasteiger partial charge on any atom is 0.155 e. The van der Waals surface area contributed by atoms with E-state index in [2.05, 4.69) is 152 Å². The molecule has 39 heavy (non-hydrogen) atoms. The van der Waals surface area contributed by atoms with E-state index in [1.807, 2.05) is 6.07 Å². The summed E-state index contributed by atoms with van der Waals surface area (Å²) in [6, 6.07) is 49.4. The fourth-order valence-electron chi connectivity index (χ4n) is 5.87. The summed E-state index contributed by atoms with van der Waals surface area (Å²) >= 11 is 0. The lowest BCUT2D eigenvalue weighted by Crippen LogP contribution is -2.25. The van der Waals surface area contributed by atoms with Crippen LogP contribution in [0.5, 0.6) is 11.5 Å². The molecule has 0 bridgehead atoms. The molecule has 2 heteroatoms. The molecule has 1 aliphatic heterocycles. The minimum absolute atomic E-state index is 0.193. The molecule has 0 fully saturated rings. The molecule has 0 N–H and O–H groups in total. The summed E-state index contributed by atoms with van der Waals surface area (Å²) in [6.45, 7) is 4.57. The minimum atomic E-state index is -0.193. The first kappa shape index (κ1) is 23.3. The first-order valence-electron chi connectivity index (χ1n) is 13.5. The number of fused-ring (bicyclic) bond motifs is 3. The van der Waals surface area contributed by atoms with Crippen molar-refractivity contribution in [3.63, 3.8) is 0 Å². The number of anilines is 3. The van der Waals surface area contributed by atoms with Crippen molar-refractivity contribution in [2.75, 3.05) is 4.90 Å². The van der Waals surface area contributed by atoms with Crippen LogP contribution >= 0.6 is 0 Å². The second kappa shape index (κ2) is 9.18. The Bertz CT molecular complexity index is 1800. The van der Waals surface area contributed by atoms with E-state index in [0.717, 1.165) is 28.6 Å². The van der Waals surface area contributed by atoms with Gasteiger partial charge in [-0.3, -0.25) is 0 Å². The van der Waals surface area contributed by atoms with Crippen LogP contribution in [-0.4, -0.2) is 0 Å². The molecule has 0 saturated carbocycles. The average molecular weight is 504 g/mol. The minimum Gasteiger partial charge on any atom is -0.455 e. The summed E-state index contributed by atoms with van der Waals surface area (Å²) in [4.78, 5) is 2.35. The zero-order valence-electron chi connectivity index (χ0n) is 22.1. The van der Waals surface area contributed by atoms with Gasteiger partial charge in [0.1, 0.15) is 5.75 Å². The molecule has 0 radical (unpaired) electrons. The fourth-order valence-corrected chi connectivity index (χ4v) is 5.87. The van der Waals surface area contributed by atoms with Crippen molar-refractivity contribution in [3.8, 4) is 22.6 Å². The van der Waals surface area contributed by atoms with Gasteiger partial charge in [-0.25, -0.2) is 0 Å². The average Bonchev–Trinajstić information content (AvgIpc) is 2.99. The van der Waals surface area contributed by atoms with Crippen LogP contribution in [0.2, 0.25) is 0 Å². The molecular weight excluding hydrogens is 474 g/mol. The number of para-hydroxylation sites is 2. The molecule has 0 aromatic heterocycles. The second-order valence-corrected chi connectivity index (χ2v) is 10.6. The molecule has 1 aliphatic rings. The van der Waals surface area contributed by atoms with Crippen LogP contribution in [0.15, 0.2) is 140 Å². The molecule has 2 nitrogen and oxygen atoms in total. The number of hydrogen-bond donors (Lipinski definition) is 0. The standard InChI is InChI=1S/C37H29NO/c1-37(2)31-17-8-9-21-35(31)39-36-32(37)18-11-20-34(36)38(33-19-10-15-28-14-6-7-16-30(28)33)29-24-22-27(23-25-29)26-12-4-3-5-13-26/h3-25H,1-2H3. The molecular formula is C37H29NO. The van der Waals surface area contributed by atoms with Gasteiger partial charge in [0.05, 0.1) is 11.4 Å². The summed E-state index contributed by atoms with van der Waals surface area (Å²) < 4.78 is 6.73. The Labute approximate surface area is 229 Å². The lowest BCUT2D eigenvalue weighted by molar-refractivity contribution is 0.419. The topological polar surface area (TPSA) is 12.5 Å². The van der Waals surface area contributed by atoms with Crippen molar-refractivity contribution in [3.05, 3.63) is 151 Å². The van der Waals surface area contributed by atoms with E-state index in [0.29, 0.717) is 0 Å². The smallest absolute Gasteiger partial charge is 0.155 e. The lowest BCUT2D eigenvalue weighted by atomic mass is 9.75. The highest BCUT2D eigenvalue weighted by Gasteiger charge is 2.36. The van der Waals surface area contributed by atoms with Gasteiger partial charge in [0, 0.05) is 27.6 Å². The van der Waals surface area contributed by atoms with Gasteiger partial charge < -0.3 is 9.64 Å². The Morgan fingerprint density at radius 3 is 1.97 bits per heavy atom. The molecule has 0 saturated heterocycles. The summed E-state index contributed by atoms with van der Waals surface area (Å²) in [5.41, 5.74) is 7.83. The van der Waals surface area contributed by atoms with Crippen LogP contribution in [0.4, 0.5) is 17.1 Å². The molecule has 0 aliphatic carbocycles. The summed E-state index contributed by atoms with van der Waals surface area (Å²) in [5.74, 6) is 1.82. The van der Waals surface area contributed by atoms with E-state index >= 15 is 0 Å². The van der Waals surface area contributed by atoms with Gasteiger partial charge in [0.25, 0.3) is 0 Å². The first-order chi connectivity index (χ1) is 19.1. The van der Waals surface area contributed by atoms with Gasteiger partial charge in [0.2, 0.25) is 0 Å². The van der Waals surface area contributed by atoms with E-state index in [-0.39, 0.29) is 5.41 Å². The number of nitrogens with zero attached hydrogens (tertiary/aromatic N) is 1.